The van der Waals surface area contributed by atoms with E-state index in [1.165, 1.54) is 18.2 Å². The molecular weight excluding hydrogens is 425 g/mol. The summed E-state index contributed by atoms with van der Waals surface area (Å²) in [6, 6.07) is 17.6. The highest BCUT2D eigenvalue weighted by molar-refractivity contribution is 7.80. The van der Waals surface area contributed by atoms with E-state index in [2.05, 4.69) is 16.0 Å². The lowest BCUT2D eigenvalue weighted by molar-refractivity contribution is 0.0976. The van der Waals surface area contributed by atoms with Crippen LogP contribution < -0.4 is 16.0 Å². The number of nitrogens with one attached hydrogen (secondary N) is 3. The predicted molar refractivity (Wildman–Crippen MR) is 121 cm³/mol. The van der Waals surface area contributed by atoms with Crippen molar-refractivity contribution in [2.75, 3.05) is 10.6 Å². The first-order valence-corrected chi connectivity index (χ1v) is 9.66. The number of hydrogen-bond donors (Lipinski definition) is 3. The fraction of sp³-hybridized carbons (Fsp3) is 0.0455. The van der Waals surface area contributed by atoms with Crippen LogP contribution in [0.15, 0.2) is 66.7 Å². The fourth-order valence-electron chi connectivity index (χ4n) is 2.64. The van der Waals surface area contributed by atoms with Crippen molar-refractivity contribution in [3.8, 4) is 0 Å². The summed E-state index contributed by atoms with van der Waals surface area (Å²) in [4.78, 5) is 24.8. The van der Waals surface area contributed by atoms with Crippen molar-refractivity contribution < 1.29 is 14.0 Å². The zero-order valence-corrected chi connectivity index (χ0v) is 17.4. The molecule has 5 nitrogen and oxygen atoms in total. The Morgan fingerprint density at radius 1 is 0.867 bits per heavy atom. The Morgan fingerprint density at radius 3 is 2.23 bits per heavy atom. The second-order valence-electron chi connectivity index (χ2n) is 6.44. The van der Waals surface area contributed by atoms with Crippen LogP contribution >= 0.6 is 23.8 Å². The van der Waals surface area contributed by atoms with E-state index >= 15 is 0 Å². The molecule has 3 rings (SSSR count). The van der Waals surface area contributed by atoms with Crippen LogP contribution in [0.1, 0.15) is 26.3 Å². The number of thiocarbonyl (C=S) groups is 1. The molecule has 0 fully saturated rings. The van der Waals surface area contributed by atoms with Crippen molar-refractivity contribution in [2.24, 2.45) is 0 Å². The van der Waals surface area contributed by atoms with Gasteiger partial charge in [0.15, 0.2) is 5.11 Å². The van der Waals surface area contributed by atoms with E-state index in [1.807, 2.05) is 13.0 Å². The molecule has 0 heterocycles. The summed E-state index contributed by atoms with van der Waals surface area (Å²) in [6.45, 7) is 1.89. The fourth-order valence-corrected chi connectivity index (χ4v) is 3.03. The third kappa shape index (κ3) is 5.62. The molecule has 3 aromatic carbocycles. The molecule has 0 atom stereocenters. The molecule has 30 heavy (non-hydrogen) atoms. The molecule has 0 aliphatic heterocycles. The first-order valence-electron chi connectivity index (χ1n) is 8.87. The Labute approximate surface area is 183 Å². The maximum atomic E-state index is 13.3. The molecule has 0 spiro atoms. The van der Waals surface area contributed by atoms with Crippen LogP contribution in [0, 0.1) is 12.7 Å². The lowest BCUT2D eigenvalue weighted by Crippen LogP contribution is -2.34. The SMILES string of the molecule is Cc1cccc(C(=O)NC(=S)Nc2cccc(C(=O)Nc3ccc(F)c(Cl)c3)c2)c1. The first-order chi connectivity index (χ1) is 14.3. The van der Waals surface area contributed by atoms with Gasteiger partial charge in [-0.15, -0.1) is 0 Å². The van der Waals surface area contributed by atoms with Crippen LogP contribution in [-0.4, -0.2) is 16.9 Å². The molecule has 3 aromatic rings. The normalized spacial score (nSPS) is 10.2. The molecule has 0 aliphatic carbocycles. The summed E-state index contributed by atoms with van der Waals surface area (Å²) < 4.78 is 13.3. The molecule has 152 valence electrons. The highest BCUT2D eigenvalue weighted by Crippen LogP contribution is 2.20. The topological polar surface area (TPSA) is 70.2 Å². The number of carbonyl (C=O) groups is 2. The van der Waals surface area contributed by atoms with Crippen LogP contribution in [0.25, 0.3) is 0 Å². The van der Waals surface area contributed by atoms with Crippen LogP contribution in [0.2, 0.25) is 5.02 Å². The molecule has 8 heteroatoms. The van der Waals surface area contributed by atoms with E-state index in [9.17, 15) is 14.0 Å². The highest BCUT2D eigenvalue weighted by Gasteiger charge is 2.11. The number of aryl methyl sites for hydroxylation is 1. The van der Waals surface area contributed by atoms with Gasteiger partial charge in [-0.25, -0.2) is 4.39 Å². The Bertz CT molecular complexity index is 1140. The average molecular weight is 442 g/mol. The monoisotopic (exact) mass is 441 g/mol. The van der Waals surface area contributed by atoms with Gasteiger partial charge in [0.05, 0.1) is 5.02 Å². The average Bonchev–Trinajstić information content (AvgIpc) is 2.71. The number of hydrogen-bond acceptors (Lipinski definition) is 3. The lowest BCUT2D eigenvalue weighted by Gasteiger charge is -2.11. The maximum Gasteiger partial charge on any atom is 0.257 e. The zero-order valence-electron chi connectivity index (χ0n) is 15.8. The largest absolute Gasteiger partial charge is 0.332 e. The van der Waals surface area contributed by atoms with Crippen molar-refractivity contribution in [3.63, 3.8) is 0 Å². The molecule has 0 saturated carbocycles. The maximum absolute atomic E-state index is 13.3. The van der Waals surface area contributed by atoms with Gasteiger partial charge in [-0.1, -0.05) is 35.4 Å². The van der Waals surface area contributed by atoms with Gasteiger partial charge < -0.3 is 10.6 Å². The summed E-state index contributed by atoms with van der Waals surface area (Å²) in [5.41, 5.74) is 2.68. The molecule has 0 unspecified atom stereocenters. The van der Waals surface area contributed by atoms with E-state index < -0.39 is 11.7 Å². The third-order valence-corrected chi connectivity index (χ3v) is 4.56. The minimum absolute atomic E-state index is 0.0853. The van der Waals surface area contributed by atoms with E-state index in [4.69, 9.17) is 23.8 Å². The summed E-state index contributed by atoms with van der Waals surface area (Å²) >= 11 is 10.9. The summed E-state index contributed by atoms with van der Waals surface area (Å²) in [5, 5.41) is 8.15. The molecule has 3 N–H and O–H groups in total. The highest BCUT2D eigenvalue weighted by atomic mass is 35.5. The minimum Gasteiger partial charge on any atom is -0.332 e. The summed E-state index contributed by atoms with van der Waals surface area (Å²) in [7, 11) is 0. The van der Waals surface area contributed by atoms with Gasteiger partial charge in [0.2, 0.25) is 0 Å². The number of halogens is 2. The number of rotatable bonds is 4. The Hall–Kier alpha value is -3.29. The van der Waals surface area contributed by atoms with Crippen molar-refractivity contribution >= 4 is 52.1 Å². The second kappa shape index (κ2) is 9.47. The van der Waals surface area contributed by atoms with Crippen molar-refractivity contribution in [3.05, 3.63) is 94.3 Å². The van der Waals surface area contributed by atoms with E-state index in [0.717, 1.165) is 5.56 Å². The molecule has 0 aromatic heterocycles. The molecule has 0 saturated heterocycles. The van der Waals surface area contributed by atoms with E-state index in [0.29, 0.717) is 22.5 Å². The van der Waals surface area contributed by atoms with Gasteiger partial charge >= 0.3 is 0 Å². The first kappa shape index (κ1) is 21.4. The lowest BCUT2D eigenvalue weighted by atomic mass is 10.1. The predicted octanol–water partition coefficient (Wildman–Crippen LogP) is 5.17. The van der Waals surface area contributed by atoms with E-state index in [-0.39, 0.29) is 16.0 Å². The number of benzene rings is 3. The zero-order chi connectivity index (χ0) is 21.7. The Kier molecular flexibility index (Phi) is 6.76. The van der Waals surface area contributed by atoms with Crippen molar-refractivity contribution in [2.45, 2.75) is 6.92 Å². The summed E-state index contributed by atoms with van der Waals surface area (Å²) in [5.74, 6) is -1.31. The van der Waals surface area contributed by atoms with Crippen LogP contribution in [-0.2, 0) is 0 Å². The number of carbonyl (C=O) groups excluding carboxylic acids is 2. The minimum atomic E-state index is -0.568. The Balaban J connectivity index is 1.64. The van der Waals surface area contributed by atoms with Gasteiger partial charge in [-0.3, -0.25) is 14.9 Å². The summed E-state index contributed by atoms with van der Waals surface area (Å²) in [6.07, 6.45) is 0. The smallest absolute Gasteiger partial charge is 0.257 e. The molecule has 0 aliphatic rings. The second-order valence-corrected chi connectivity index (χ2v) is 7.26. The molecular formula is C22H17ClFN3O2S. The van der Waals surface area contributed by atoms with Crippen LogP contribution in [0.4, 0.5) is 15.8 Å². The molecule has 0 bridgehead atoms. The van der Waals surface area contributed by atoms with E-state index in [1.54, 1.807) is 42.5 Å². The third-order valence-electron chi connectivity index (χ3n) is 4.07. The van der Waals surface area contributed by atoms with Crippen molar-refractivity contribution in [1.29, 1.82) is 0 Å². The van der Waals surface area contributed by atoms with Gasteiger partial charge in [0.1, 0.15) is 5.82 Å². The van der Waals surface area contributed by atoms with Crippen LogP contribution in [0.3, 0.4) is 0 Å². The molecule has 2 amide bonds. The van der Waals surface area contributed by atoms with Gasteiger partial charge in [-0.05, 0) is 67.7 Å². The standard InChI is InChI=1S/C22H17ClFN3O2S/c1-13-4-2-5-14(10-13)21(29)27-22(30)26-16-7-3-6-15(11-16)20(28)25-17-8-9-19(24)18(23)12-17/h2-12H,1H3,(H,25,28)(H2,26,27,29,30). The number of amides is 2. The molecule has 0 radical (unpaired) electrons. The van der Waals surface area contributed by atoms with Crippen LogP contribution in [0.5, 0.6) is 0 Å². The Morgan fingerprint density at radius 2 is 1.53 bits per heavy atom. The quantitative estimate of drug-likeness (QED) is 0.489. The van der Waals surface area contributed by atoms with Crippen molar-refractivity contribution in [1.82, 2.24) is 5.32 Å². The van der Waals surface area contributed by atoms with Gasteiger partial charge in [0, 0.05) is 22.5 Å². The van der Waals surface area contributed by atoms with Gasteiger partial charge in [0.25, 0.3) is 11.8 Å². The number of anilines is 2. The van der Waals surface area contributed by atoms with Gasteiger partial charge in [-0.2, -0.15) is 0 Å².